The first-order valence-electron chi connectivity index (χ1n) is 6.84. The molecule has 1 fully saturated rings. The topological polar surface area (TPSA) is 38.9 Å². The highest BCUT2D eigenvalue weighted by Gasteiger charge is 2.36. The van der Waals surface area contributed by atoms with Crippen LogP contribution in [0.1, 0.15) is 38.2 Å². The third-order valence-electron chi connectivity index (χ3n) is 4.54. The van der Waals surface area contributed by atoms with E-state index >= 15 is 0 Å². The highest BCUT2D eigenvalue weighted by atomic mass is 14.8. The summed E-state index contributed by atoms with van der Waals surface area (Å²) in [6, 6.07) is 8.52. The van der Waals surface area contributed by atoms with E-state index in [4.69, 9.17) is 5.73 Å². The molecule has 2 N–H and O–H groups in total. The Labute approximate surface area is 108 Å². The molecule has 2 atom stereocenters. The molecule has 1 aliphatic rings. The molecular weight excluding hydrogens is 220 g/mol. The Morgan fingerprint density at radius 3 is 3.00 bits per heavy atom. The summed E-state index contributed by atoms with van der Waals surface area (Å²) in [5.74, 6) is 0.546. The number of hydrogen-bond donors (Lipinski definition) is 1. The Morgan fingerprint density at radius 2 is 2.17 bits per heavy atom. The van der Waals surface area contributed by atoms with Gasteiger partial charge in [0.2, 0.25) is 0 Å². The number of pyridine rings is 1. The molecule has 0 radical (unpaired) electrons. The molecule has 0 bridgehead atoms. The van der Waals surface area contributed by atoms with Gasteiger partial charge in [-0.3, -0.25) is 4.98 Å². The first-order valence-corrected chi connectivity index (χ1v) is 6.84. The van der Waals surface area contributed by atoms with Gasteiger partial charge in [0.15, 0.2) is 0 Å². The van der Waals surface area contributed by atoms with E-state index in [1.165, 1.54) is 35.6 Å². The van der Waals surface area contributed by atoms with Gasteiger partial charge in [0.05, 0.1) is 0 Å². The van der Waals surface area contributed by atoms with Crippen molar-refractivity contribution in [3.63, 3.8) is 0 Å². The Hall–Kier alpha value is -1.41. The number of nitrogens with two attached hydrogens (primary N) is 1. The number of benzene rings is 1. The zero-order valence-corrected chi connectivity index (χ0v) is 10.9. The van der Waals surface area contributed by atoms with Crippen molar-refractivity contribution in [1.29, 1.82) is 0 Å². The normalized spacial score (nSPS) is 28.4. The van der Waals surface area contributed by atoms with Crippen LogP contribution in [-0.4, -0.2) is 4.98 Å². The molecule has 94 valence electrons. The Kier molecular flexibility index (Phi) is 2.83. The molecule has 1 heterocycles. The maximum absolute atomic E-state index is 6.77. The lowest BCUT2D eigenvalue weighted by Gasteiger charge is -2.40. The van der Waals surface area contributed by atoms with E-state index in [9.17, 15) is 0 Å². The maximum atomic E-state index is 6.77. The second-order valence-corrected chi connectivity index (χ2v) is 5.59. The molecule has 18 heavy (non-hydrogen) atoms. The van der Waals surface area contributed by atoms with E-state index in [-0.39, 0.29) is 5.54 Å². The van der Waals surface area contributed by atoms with Crippen LogP contribution < -0.4 is 5.73 Å². The van der Waals surface area contributed by atoms with Crippen molar-refractivity contribution in [2.45, 2.75) is 38.1 Å². The first-order chi connectivity index (χ1) is 8.72. The van der Waals surface area contributed by atoms with E-state index in [1.807, 2.05) is 12.4 Å². The summed E-state index contributed by atoms with van der Waals surface area (Å²) in [5.41, 5.74) is 7.90. The molecule has 1 aromatic carbocycles. The van der Waals surface area contributed by atoms with Crippen molar-refractivity contribution in [1.82, 2.24) is 4.98 Å². The molecule has 0 amide bonds. The summed E-state index contributed by atoms with van der Waals surface area (Å²) in [5, 5.41) is 2.46. The van der Waals surface area contributed by atoms with Crippen molar-refractivity contribution in [2.24, 2.45) is 11.7 Å². The SMILES string of the molecule is CC1CCCCC1(N)c1cccc2cnccc12. The van der Waals surface area contributed by atoms with Gasteiger partial charge in [-0.25, -0.2) is 0 Å². The average molecular weight is 240 g/mol. The molecule has 2 aromatic rings. The van der Waals surface area contributed by atoms with E-state index in [0.29, 0.717) is 5.92 Å². The van der Waals surface area contributed by atoms with Gasteiger partial charge in [-0.15, -0.1) is 0 Å². The van der Waals surface area contributed by atoms with Crippen molar-refractivity contribution >= 4 is 10.8 Å². The minimum atomic E-state index is -0.168. The lowest BCUT2D eigenvalue weighted by Crippen LogP contribution is -2.45. The summed E-state index contributed by atoms with van der Waals surface area (Å²) in [4.78, 5) is 4.20. The average Bonchev–Trinajstić information content (AvgIpc) is 2.41. The van der Waals surface area contributed by atoms with Crippen molar-refractivity contribution in [3.05, 3.63) is 42.2 Å². The van der Waals surface area contributed by atoms with E-state index in [1.54, 1.807) is 0 Å². The van der Waals surface area contributed by atoms with Crippen LogP contribution >= 0.6 is 0 Å². The highest BCUT2D eigenvalue weighted by Crippen LogP contribution is 2.41. The summed E-state index contributed by atoms with van der Waals surface area (Å²) in [6.45, 7) is 2.29. The Balaban J connectivity index is 2.19. The van der Waals surface area contributed by atoms with Gasteiger partial charge in [0.1, 0.15) is 0 Å². The van der Waals surface area contributed by atoms with Crippen LogP contribution in [0.5, 0.6) is 0 Å². The van der Waals surface area contributed by atoms with Gasteiger partial charge >= 0.3 is 0 Å². The second-order valence-electron chi connectivity index (χ2n) is 5.59. The van der Waals surface area contributed by atoms with Crippen LogP contribution in [0, 0.1) is 5.92 Å². The molecule has 2 heteroatoms. The molecule has 0 aliphatic heterocycles. The quantitative estimate of drug-likeness (QED) is 0.827. The van der Waals surface area contributed by atoms with Gasteiger partial charge < -0.3 is 5.73 Å². The molecule has 0 spiro atoms. The van der Waals surface area contributed by atoms with E-state index < -0.39 is 0 Å². The van der Waals surface area contributed by atoms with E-state index in [2.05, 4.69) is 36.2 Å². The van der Waals surface area contributed by atoms with Crippen molar-refractivity contribution < 1.29 is 0 Å². The third-order valence-corrected chi connectivity index (χ3v) is 4.54. The third kappa shape index (κ3) is 1.72. The Morgan fingerprint density at radius 1 is 1.28 bits per heavy atom. The standard InChI is InChI=1S/C16H20N2/c1-12-5-2-3-9-16(12,17)15-7-4-6-13-11-18-10-8-14(13)15/h4,6-8,10-12H,2-3,5,9,17H2,1H3. The number of aromatic nitrogens is 1. The van der Waals surface area contributed by atoms with Gasteiger partial charge in [-0.2, -0.15) is 0 Å². The van der Waals surface area contributed by atoms with Crippen LogP contribution in [0.2, 0.25) is 0 Å². The highest BCUT2D eigenvalue weighted by molar-refractivity contribution is 5.85. The Bertz CT molecular complexity index is 559. The van der Waals surface area contributed by atoms with Crippen LogP contribution in [0.4, 0.5) is 0 Å². The van der Waals surface area contributed by atoms with Crippen LogP contribution in [0.3, 0.4) is 0 Å². The molecule has 1 saturated carbocycles. The fourth-order valence-corrected chi connectivity index (χ4v) is 3.30. The first kappa shape index (κ1) is 11.7. The lowest BCUT2D eigenvalue weighted by atomic mass is 9.69. The largest absolute Gasteiger partial charge is 0.321 e. The van der Waals surface area contributed by atoms with Crippen LogP contribution in [0.15, 0.2) is 36.7 Å². The van der Waals surface area contributed by atoms with E-state index in [0.717, 1.165) is 6.42 Å². The van der Waals surface area contributed by atoms with Gasteiger partial charge in [0.25, 0.3) is 0 Å². The second kappa shape index (κ2) is 4.36. The number of nitrogens with zero attached hydrogens (tertiary/aromatic N) is 1. The maximum Gasteiger partial charge on any atom is 0.0441 e. The summed E-state index contributed by atoms with van der Waals surface area (Å²) in [7, 11) is 0. The van der Waals surface area contributed by atoms with Gasteiger partial charge in [0, 0.05) is 23.3 Å². The molecule has 1 aromatic heterocycles. The summed E-state index contributed by atoms with van der Waals surface area (Å²) >= 11 is 0. The molecule has 2 nitrogen and oxygen atoms in total. The summed E-state index contributed by atoms with van der Waals surface area (Å²) < 4.78 is 0. The zero-order valence-electron chi connectivity index (χ0n) is 10.9. The fourth-order valence-electron chi connectivity index (χ4n) is 3.30. The molecular formula is C16H20N2. The zero-order chi connectivity index (χ0) is 12.6. The predicted molar refractivity (Wildman–Crippen MR) is 75.2 cm³/mol. The minimum absolute atomic E-state index is 0.168. The van der Waals surface area contributed by atoms with Crippen molar-refractivity contribution in [3.8, 4) is 0 Å². The van der Waals surface area contributed by atoms with Crippen LogP contribution in [-0.2, 0) is 5.54 Å². The lowest BCUT2D eigenvalue weighted by molar-refractivity contribution is 0.208. The minimum Gasteiger partial charge on any atom is -0.321 e. The summed E-state index contributed by atoms with van der Waals surface area (Å²) in [6.07, 6.45) is 8.67. The number of rotatable bonds is 1. The smallest absolute Gasteiger partial charge is 0.0441 e. The molecule has 3 rings (SSSR count). The molecule has 0 saturated heterocycles. The fraction of sp³-hybridized carbons (Fsp3) is 0.438. The van der Waals surface area contributed by atoms with Gasteiger partial charge in [-0.1, -0.05) is 38.0 Å². The predicted octanol–water partition coefficient (Wildman–Crippen LogP) is 3.60. The molecule has 1 aliphatic carbocycles. The monoisotopic (exact) mass is 240 g/mol. The van der Waals surface area contributed by atoms with Crippen LogP contribution in [0.25, 0.3) is 10.8 Å². The molecule has 2 unspecified atom stereocenters. The number of fused-ring (bicyclic) bond motifs is 1. The van der Waals surface area contributed by atoms with Crippen molar-refractivity contribution in [2.75, 3.05) is 0 Å². The number of hydrogen-bond acceptors (Lipinski definition) is 2. The van der Waals surface area contributed by atoms with Gasteiger partial charge in [-0.05, 0) is 35.8 Å².